The van der Waals surface area contributed by atoms with Gasteiger partial charge in [-0.05, 0) is 49.2 Å². The number of nitrogens with one attached hydrogen (secondary N) is 1. The van der Waals surface area contributed by atoms with E-state index in [2.05, 4.69) is 4.98 Å². The van der Waals surface area contributed by atoms with E-state index in [1.54, 1.807) is 24.0 Å². The van der Waals surface area contributed by atoms with Crippen LogP contribution in [-0.2, 0) is 18.3 Å². The van der Waals surface area contributed by atoms with Crippen molar-refractivity contribution in [2.45, 2.75) is 20.4 Å². The number of rotatable bonds is 5. The van der Waals surface area contributed by atoms with Crippen molar-refractivity contribution in [2.75, 3.05) is 13.2 Å². The van der Waals surface area contributed by atoms with Gasteiger partial charge in [-0.25, -0.2) is 9.78 Å². The van der Waals surface area contributed by atoms with E-state index in [1.807, 2.05) is 48.9 Å². The molecular weight excluding hydrogens is 380 g/mol. The third kappa shape index (κ3) is 3.43. The lowest BCUT2D eigenvalue weighted by atomic mass is 10.1. The lowest BCUT2D eigenvalue weighted by molar-refractivity contribution is 0.0526. The number of carbonyl (C=O) groups is 1. The van der Waals surface area contributed by atoms with Gasteiger partial charge in [-0.3, -0.25) is 5.41 Å². The number of carbonyl (C=O) groups excluding carboxylic acids is 1. The monoisotopic (exact) mass is 404 g/mol. The molecule has 4 rings (SSSR count). The van der Waals surface area contributed by atoms with Crippen LogP contribution in [0.3, 0.4) is 0 Å². The summed E-state index contributed by atoms with van der Waals surface area (Å²) in [5.74, 6) is 0.602. The van der Waals surface area contributed by atoms with Crippen molar-refractivity contribution >= 4 is 28.4 Å². The summed E-state index contributed by atoms with van der Waals surface area (Å²) in [6.45, 7) is 4.81. The molecule has 0 amide bonds. The van der Waals surface area contributed by atoms with Crippen molar-refractivity contribution in [3.63, 3.8) is 0 Å². The Bertz CT molecular complexity index is 1180. The molecule has 1 aliphatic rings. The summed E-state index contributed by atoms with van der Waals surface area (Å²) >= 11 is 0. The SMILES string of the molecule is CCOC(=O)c1ccc(CN2CC(O)=C(c3nc4cc(C)ccc4n3C)C2=N)cc1. The third-order valence-corrected chi connectivity index (χ3v) is 5.28. The number of hydrogen-bond donors (Lipinski definition) is 2. The van der Waals surface area contributed by atoms with Gasteiger partial charge in [-0.2, -0.15) is 0 Å². The second kappa shape index (κ2) is 7.67. The lowest BCUT2D eigenvalue weighted by Gasteiger charge is -2.19. The minimum Gasteiger partial charge on any atom is -0.510 e. The molecule has 7 nitrogen and oxygen atoms in total. The number of aryl methyl sites for hydroxylation is 2. The first-order valence-corrected chi connectivity index (χ1v) is 9.84. The van der Waals surface area contributed by atoms with Gasteiger partial charge >= 0.3 is 5.97 Å². The van der Waals surface area contributed by atoms with Gasteiger partial charge in [0.2, 0.25) is 0 Å². The normalized spacial score (nSPS) is 14.1. The molecule has 3 aromatic rings. The minimum absolute atomic E-state index is 0.137. The Balaban J connectivity index is 1.56. The Morgan fingerprint density at radius 1 is 1.23 bits per heavy atom. The van der Waals surface area contributed by atoms with Crippen LogP contribution in [0.25, 0.3) is 16.6 Å². The molecule has 0 atom stereocenters. The van der Waals surface area contributed by atoms with Crippen molar-refractivity contribution in [1.82, 2.24) is 14.5 Å². The van der Waals surface area contributed by atoms with Crippen molar-refractivity contribution in [1.29, 1.82) is 5.41 Å². The Morgan fingerprint density at radius 3 is 2.67 bits per heavy atom. The number of benzene rings is 2. The number of amidine groups is 1. The molecular formula is C23H24N4O3. The topological polar surface area (TPSA) is 91.4 Å². The molecule has 7 heteroatoms. The molecule has 0 bridgehead atoms. The molecule has 0 spiro atoms. The predicted molar refractivity (Wildman–Crippen MR) is 116 cm³/mol. The van der Waals surface area contributed by atoms with Gasteiger partial charge in [0.15, 0.2) is 0 Å². The molecule has 2 N–H and O–H groups in total. The first kappa shape index (κ1) is 19.7. The maximum Gasteiger partial charge on any atom is 0.338 e. The summed E-state index contributed by atoms with van der Waals surface area (Å²) in [6, 6.07) is 13.1. The largest absolute Gasteiger partial charge is 0.510 e. The standard InChI is InChI=1S/C23H24N4O3/c1-4-30-23(29)16-8-6-15(7-9-16)12-27-13-19(28)20(21(27)24)22-25-17-11-14(2)5-10-18(17)26(22)3/h5-11,24,28H,4,12-13H2,1-3H3. The van der Waals surface area contributed by atoms with Crippen LogP contribution in [0.5, 0.6) is 0 Å². The number of fused-ring (bicyclic) bond motifs is 1. The van der Waals surface area contributed by atoms with Crippen LogP contribution in [0.4, 0.5) is 0 Å². The Kier molecular flexibility index (Phi) is 5.03. The Morgan fingerprint density at radius 2 is 1.97 bits per heavy atom. The molecule has 1 aliphatic heterocycles. The highest BCUT2D eigenvalue weighted by molar-refractivity contribution is 6.23. The van der Waals surface area contributed by atoms with Crippen molar-refractivity contribution in [3.05, 3.63) is 70.7 Å². The summed E-state index contributed by atoms with van der Waals surface area (Å²) in [4.78, 5) is 18.3. The van der Waals surface area contributed by atoms with Crippen LogP contribution in [0.15, 0.2) is 48.2 Å². The number of imidazole rings is 1. The van der Waals surface area contributed by atoms with E-state index in [4.69, 9.17) is 10.1 Å². The number of ether oxygens (including phenoxy) is 1. The number of aliphatic hydroxyl groups excluding tert-OH is 1. The fourth-order valence-electron chi connectivity index (χ4n) is 3.72. The molecule has 0 aliphatic carbocycles. The molecule has 30 heavy (non-hydrogen) atoms. The molecule has 2 aromatic carbocycles. The zero-order valence-electron chi connectivity index (χ0n) is 17.3. The second-order valence-electron chi connectivity index (χ2n) is 7.43. The number of esters is 1. The highest BCUT2D eigenvalue weighted by Gasteiger charge is 2.31. The summed E-state index contributed by atoms with van der Waals surface area (Å²) in [5.41, 5.74) is 4.79. The quantitative estimate of drug-likeness (QED) is 0.631. The van der Waals surface area contributed by atoms with E-state index < -0.39 is 0 Å². The van der Waals surface area contributed by atoms with Gasteiger partial charge in [-0.15, -0.1) is 0 Å². The highest BCUT2D eigenvalue weighted by Crippen LogP contribution is 2.30. The molecule has 0 unspecified atom stereocenters. The summed E-state index contributed by atoms with van der Waals surface area (Å²) in [5, 5.41) is 19.3. The van der Waals surface area contributed by atoms with Crippen molar-refractivity contribution < 1.29 is 14.6 Å². The summed E-state index contributed by atoms with van der Waals surface area (Å²) in [6.07, 6.45) is 0. The van der Waals surface area contributed by atoms with E-state index in [9.17, 15) is 9.90 Å². The molecule has 0 saturated carbocycles. The van der Waals surface area contributed by atoms with Crippen LogP contribution in [0.2, 0.25) is 0 Å². The van der Waals surface area contributed by atoms with Gasteiger partial charge in [0.1, 0.15) is 17.4 Å². The fourth-order valence-corrected chi connectivity index (χ4v) is 3.72. The maximum absolute atomic E-state index is 11.8. The first-order valence-electron chi connectivity index (χ1n) is 9.84. The average molecular weight is 404 g/mol. The first-order chi connectivity index (χ1) is 14.4. The number of hydrogen-bond acceptors (Lipinski definition) is 5. The summed E-state index contributed by atoms with van der Waals surface area (Å²) < 4.78 is 6.92. The number of nitrogens with zero attached hydrogens (tertiary/aromatic N) is 3. The predicted octanol–water partition coefficient (Wildman–Crippen LogP) is 3.82. The highest BCUT2D eigenvalue weighted by atomic mass is 16.5. The molecule has 0 radical (unpaired) electrons. The zero-order chi connectivity index (χ0) is 21.4. The number of aliphatic hydroxyl groups is 1. The molecule has 0 saturated heterocycles. The van der Waals surface area contributed by atoms with Gasteiger partial charge < -0.3 is 19.3 Å². The Labute approximate surface area is 174 Å². The van der Waals surface area contributed by atoms with Crippen molar-refractivity contribution in [3.8, 4) is 0 Å². The van der Waals surface area contributed by atoms with Gasteiger partial charge in [0.05, 0.1) is 35.3 Å². The van der Waals surface area contributed by atoms with Crippen LogP contribution in [-0.4, -0.2) is 44.5 Å². The summed E-state index contributed by atoms with van der Waals surface area (Å²) in [7, 11) is 1.89. The minimum atomic E-state index is -0.350. The van der Waals surface area contributed by atoms with Crippen LogP contribution < -0.4 is 0 Å². The molecule has 0 fully saturated rings. The third-order valence-electron chi connectivity index (χ3n) is 5.28. The van der Waals surface area contributed by atoms with E-state index in [1.165, 1.54) is 0 Å². The van der Waals surface area contributed by atoms with Crippen LogP contribution in [0, 0.1) is 12.3 Å². The van der Waals surface area contributed by atoms with Crippen LogP contribution in [0.1, 0.15) is 34.2 Å². The fraction of sp³-hybridized carbons (Fsp3) is 0.261. The maximum atomic E-state index is 11.8. The van der Waals surface area contributed by atoms with Gasteiger partial charge in [0.25, 0.3) is 0 Å². The smallest absolute Gasteiger partial charge is 0.338 e. The second-order valence-corrected chi connectivity index (χ2v) is 7.43. The van der Waals surface area contributed by atoms with E-state index in [0.29, 0.717) is 30.1 Å². The van der Waals surface area contributed by atoms with E-state index in [-0.39, 0.29) is 24.1 Å². The number of aromatic nitrogens is 2. The van der Waals surface area contributed by atoms with E-state index in [0.717, 1.165) is 22.2 Å². The van der Waals surface area contributed by atoms with Crippen LogP contribution >= 0.6 is 0 Å². The molecule has 1 aromatic heterocycles. The average Bonchev–Trinajstić information content (AvgIpc) is 3.17. The zero-order valence-corrected chi connectivity index (χ0v) is 17.3. The van der Waals surface area contributed by atoms with Crippen molar-refractivity contribution in [2.24, 2.45) is 7.05 Å². The van der Waals surface area contributed by atoms with E-state index >= 15 is 0 Å². The molecule has 2 heterocycles. The lowest BCUT2D eigenvalue weighted by Crippen LogP contribution is -2.26. The van der Waals surface area contributed by atoms with Gasteiger partial charge in [0, 0.05) is 13.6 Å². The Hall–Kier alpha value is -3.61. The van der Waals surface area contributed by atoms with Gasteiger partial charge in [-0.1, -0.05) is 18.2 Å². The molecule has 154 valence electrons.